The molecule has 8 heteroatoms. The van der Waals surface area contributed by atoms with Gasteiger partial charge in [-0.2, -0.15) is 4.98 Å². The second kappa shape index (κ2) is 8.69. The van der Waals surface area contributed by atoms with Crippen LogP contribution in [0, 0.1) is 0 Å². The molecule has 3 rings (SSSR count). The van der Waals surface area contributed by atoms with Gasteiger partial charge in [0.05, 0.1) is 6.54 Å². The van der Waals surface area contributed by atoms with Gasteiger partial charge in [-0.3, -0.25) is 4.99 Å². The summed E-state index contributed by atoms with van der Waals surface area (Å²) in [5.74, 6) is 1.57. The molecule has 1 aromatic heterocycles. The van der Waals surface area contributed by atoms with E-state index in [-0.39, 0.29) is 0 Å². The van der Waals surface area contributed by atoms with Crippen LogP contribution in [-0.2, 0) is 13.1 Å². The monoisotopic (exact) mass is 389 g/mol. The third-order valence-electron chi connectivity index (χ3n) is 3.55. The first-order valence-corrected chi connectivity index (χ1v) is 8.67. The van der Waals surface area contributed by atoms with E-state index in [1.807, 2.05) is 36.4 Å². The van der Waals surface area contributed by atoms with E-state index >= 15 is 0 Å². The van der Waals surface area contributed by atoms with Crippen LogP contribution in [0.3, 0.4) is 0 Å². The van der Waals surface area contributed by atoms with Crippen LogP contribution in [-0.4, -0.2) is 23.1 Å². The molecule has 0 aliphatic heterocycles. The molecular weight excluding hydrogens is 373 g/mol. The molecule has 2 aromatic carbocycles. The van der Waals surface area contributed by atoms with Gasteiger partial charge in [0.25, 0.3) is 0 Å². The minimum atomic E-state index is 0.355. The summed E-state index contributed by atoms with van der Waals surface area (Å²) >= 11 is 11.9. The van der Waals surface area contributed by atoms with Crippen LogP contribution in [0.25, 0.3) is 11.4 Å². The highest BCUT2D eigenvalue weighted by Crippen LogP contribution is 2.19. The van der Waals surface area contributed by atoms with Gasteiger partial charge in [0.15, 0.2) is 5.96 Å². The molecule has 26 heavy (non-hydrogen) atoms. The van der Waals surface area contributed by atoms with Crippen LogP contribution in [0.5, 0.6) is 0 Å². The van der Waals surface area contributed by atoms with E-state index in [4.69, 9.17) is 27.7 Å². The normalized spacial score (nSPS) is 11.4. The Hall–Kier alpha value is -2.57. The topological polar surface area (TPSA) is 75.3 Å². The Morgan fingerprint density at radius 1 is 1.04 bits per heavy atom. The van der Waals surface area contributed by atoms with Crippen molar-refractivity contribution in [2.45, 2.75) is 13.1 Å². The number of hydrogen-bond acceptors (Lipinski definition) is 4. The van der Waals surface area contributed by atoms with Gasteiger partial charge >= 0.3 is 0 Å². The quantitative estimate of drug-likeness (QED) is 0.510. The molecule has 3 aromatic rings. The number of hydrogen-bond donors (Lipinski definition) is 2. The van der Waals surface area contributed by atoms with Crippen LogP contribution in [0.2, 0.25) is 10.0 Å². The molecule has 0 spiro atoms. The molecule has 134 valence electrons. The molecule has 0 saturated heterocycles. The molecule has 0 amide bonds. The zero-order valence-corrected chi connectivity index (χ0v) is 15.6. The molecule has 0 fully saturated rings. The molecule has 0 bridgehead atoms. The fourth-order valence-electron chi connectivity index (χ4n) is 2.24. The largest absolute Gasteiger partial charge is 0.352 e. The van der Waals surface area contributed by atoms with Gasteiger partial charge in [-0.25, -0.2) is 0 Å². The van der Waals surface area contributed by atoms with Crippen molar-refractivity contribution in [3.8, 4) is 11.4 Å². The van der Waals surface area contributed by atoms with E-state index in [9.17, 15) is 0 Å². The maximum Gasteiger partial charge on any atom is 0.246 e. The van der Waals surface area contributed by atoms with Crippen LogP contribution in [0.1, 0.15) is 11.5 Å². The standard InChI is InChI=1S/C18H17Cl2N5O/c1-21-18(22-10-12-5-7-14(19)8-6-12)23-11-16-24-17(25-26-16)13-3-2-4-15(20)9-13/h2-9H,10-11H2,1H3,(H2,21,22,23). The lowest BCUT2D eigenvalue weighted by atomic mass is 10.2. The molecule has 0 radical (unpaired) electrons. The molecule has 2 N–H and O–H groups in total. The number of aliphatic imine (C=N–C) groups is 1. The Kier molecular flexibility index (Phi) is 6.09. The predicted molar refractivity (Wildman–Crippen MR) is 103 cm³/mol. The number of nitrogens with zero attached hydrogens (tertiary/aromatic N) is 3. The average molecular weight is 390 g/mol. The molecule has 6 nitrogen and oxygen atoms in total. The van der Waals surface area contributed by atoms with Gasteiger partial charge < -0.3 is 15.2 Å². The van der Waals surface area contributed by atoms with Gasteiger partial charge in [-0.1, -0.05) is 52.6 Å². The second-order valence-electron chi connectivity index (χ2n) is 5.43. The molecule has 0 aliphatic rings. The highest BCUT2D eigenvalue weighted by molar-refractivity contribution is 6.31. The fourth-order valence-corrected chi connectivity index (χ4v) is 2.56. The van der Waals surface area contributed by atoms with Gasteiger partial charge in [0.1, 0.15) is 0 Å². The number of nitrogens with one attached hydrogen (secondary N) is 2. The van der Waals surface area contributed by atoms with E-state index in [1.165, 1.54) is 0 Å². The van der Waals surface area contributed by atoms with Crippen molar-refractivity contribution >= 4 is 29.2 Å². The SMILES string of the molecule is CN=C(NCc1ccc(Cl)cc1)NCc1nc(-c2cccc(Cl)c2)no1. The maximum absolute atomic E-state index is 5.99. The molecule has 0 aliphatic carbocycles. The van der Waals surface area contributed by atoms with Crippen molar-refractivity contribution in [2.24, 2.45) is 4.99 Å². The predicted octanol–water partition coefficient (Wildman–Crippen LogP) is 3.91. The lowest BCUT2D eigenvalue weighted by molar-refractivity contribution is 0.375. The van der Waals surface area contributed by atoms with Crippen LogP contribution in [0.4, 0.5) is 0 Å². The first kappa shape index (κ1) is 18.2. The van der Waals surface area contributed by atoms with Crippen molar-refractivity contribution in [1.29, 1.82) is 0 Å². The van der Waals surface area contributed by atoms with Crippen molar-refractivity contribution in [2.75, 3.05) is 7.05 Å². The summed E-state index contributed by atoms with van der Waals surface area (Å²) < 4.78 is 5.27. The van der Waals surface area contributed by atoms with Crippen LogP contribution in [0.15, 0.2) is 58.0 Å². The Labute approximate surface area is 161 Å². The number of benzene rings is 2. The van der Waals surface area contributed by atoms with Crippen LogP contribution >= 0.6 is 23.2 Å². The summed E-state index contributed by atoms with van der Waals surface area (Å²) in [4.78, 5) is 8.53. The Morgan fingerprint density at radius 3 is 2.54 bits per heavy atom. The molecular formula is C18H17Cl2N5O. The van der Waals surface area contributed by atoms with E-state index in [0.717, 1.165) is 11.1 Å². The summed E-state index contributed by atoms with van der Waals surface area (Å²) in [5.41, 5.74) is 1.90. The maximum atomic E-state index is 5.99. The molecule has 0 unspecified atom stereocenters. The number of guanidine groups is 1. The third-order valence-corrected chi connectivity index (χ3v) is 4.04. The summed E-state index contributed by atoms with van der Waals surface area (Å²) in [6.45, 7) is 0.975. The highest BCUT2D eigenvalue weighted by atomic mass is 35.5. The van der Waals surface area contributed by atoms with E-state index in [2.05, 4.69) is 25.8 Å². The van der Waals surface area contributed by atoms with Gasteiger partial charge in [0, 0.05) is 29.2 Å². The van der Waals surface area contributed by atoms with Gasteiger partial charge in [0.2, 0.25) is 11.7 Å². The summed E-state index contributed by atoms with van der Waals surface area (Å²) in [7, 11) is 1.70. The Balaban J connectivity index is 1.55. The molecule has 1 heterocycles. The third kappa shape index (κ3) is 4.97. The highest BCUT2D eigenvalue weighted by Gasteiger charge is 2.09. The average Bonchev–Trinajstić information content (AvgIpc) is 3.12. The minimum absolute atomic E-state index is 0.355. The van der Waals surface area contributed by atoms with Crippen molar-refractivity contribution in [1.82, 2.24) is 20.8 Å². The summed E-state index contributed by atoms with van der Waals surface area (Å²) in [5, 5.41) is 11.7. The lowest BCUT2D eigenvalue weighted by Crippen LogP contribution is -2.36. The molecule has 0 atom stereocenters. The fraction of sp³-hybridized carbons (Fsp3) is 0.167. The lowest BCUT2D eigenvalue weighted by Gasteiger charge is -2.10. The smallest absolute Gasteiger partial charge is 0.246 e. The first-order valence-electron chi connectivity index (χ1n) is 7.91. The van der Waals surface area contributed by atoms with E-state index in [0.29, 0.717) is 40.8 Å². The Morgan fingerprint density at radius 2 is 1.81 bits per heavy atom. The number of halogens is 2. The van der Waals surface area contributed by atoms with Gasteiger partial charge in [-0.15, -0.1) is 0 Å². The van der Waals surface area contributed by atoms with E-state index in [1.54, 1.807) is 19.2 Å². The van der Waals surface area contributed by atoms with Crippen molar-refractivity contribution in [3.05, 3.63) is 70.0 Å². The van der Waals surface area contributed by atoms with Gasteiger partial charge in [-0.05, 0) is 29.8 Å². The Bertz CT molecular complexity index is 893. The van der Waals surface area contributed by atoms with Crippen LogP contribution < -0.4 is 10.6 Å². The number of aromatic nitrogens is 2. The zero-order chi connectivity index (χ0) is 18.4. The zero-order valence-electron chi connectivity index (χ0n) is 14.0. The summed E-state index contributed by atoms with van der Waals surface area (Å²) in [6.07, 6.45) is 0. The van der Waals surface area contributed by atoms with Crippen molar-refractivity contribution < 1.29 is 4.52 Å². The van der Waals surface area contributed by atoms with Crippen molar-refractivity contribution in [3.63, 3.8) is 0 Å². The van der Waals surface area contributed by atoms with E-state index < -0.39 is 0 Å². The number of rotatable bonds is 5. The second-order valence-corrected chi connectivity index (χ2v) is 6.30. The summed E-state index contributed by atoms with van der Waals surface area (Å²) in [6, 6.07) is 14.9. The minimum Gasteiger partial charge on any atom is -0.352 e. The first-order chi connectivity index (χ1) is 12.6. The molecule has 0 saturated carbocycles.